The number of halogens is 5. The molecule has 1 fully saturated rings. The number of anilines is 2. The first-order valence-electron chi connectivity index (χ1n) is 8.66. The Morgan fingerprint density at radius 2 is 2.00 bits per heavy atom. The second-order valence-corrected chi connectivity index (χ2v) is 6.78. The second-order valence-electron chi connectivity index (χ2n) is 6.78. The molecule has 1 saturated heterocycles. The quantitative estimate of drug-likeness (QED) is 0.734. The average Bonchev–Trinajstić information content (AvgIpc) is 3.02. The number of rotatable bonds is 5. The van der Waals surface area contributed by atoms with E-state index in [9.17, 15) is 26.7 Å². The SMILES string of the molecule is CC(C)C1COC(=O)N1c1nc(NCc2ccc(C(F)(F)F)cc2F)ncc1F. The van der Waals surface area contributed by atoms with E-state index >= 15 is 0 Å². The smallest absolute Gasteiger partial charge is 0.416 e. The topological polar surface area (TPSA) is 67.3 Å². The van der Waals surface area contributed by atoms with Crippen molar-refractivity contribution in [2.45, 2.75) is 32.6 Å². The Morgan fingerprint density at radius 1 is 1.28 bits per heavy atom. The summed E-state index contributed by atoms with van der Waals surface area (Å²) < 4.78 is 71.0. The fraction of sp³-hybridized carbons (Fsp3) is 0.389. The fourth-order valence-electron chi connectivity index (χ4n) is 2.82. The first kappa shape index (κ1) is 20.7. The molecule has 0 aliphatic carbocycles. The van der Waals surface area contributed by atoms with E-state index in [1.54, 1.807) is 0 Å². The highest BCUT2D eigenvalue weighted by molar-refractivity contribution is 5.89. The lowest BCUT2D eigenvalue weighted by molar-refractivity contribution is -0.137. The molecule has 1 aromatic heterocycles. The first-order valence-corrected chi connectivity index (χ1v) is 8.66. The highest BCUT2D eigenvalue weighted by atomic mass is 19.4. The predicted octanol–water partition coefficient (Wildman–Crippen LogP) is 4.37. The Labute approximate surface area is 162 Å². The van der Waals surface area contributed by atoms with Gasteiger partial charge in [-0.05, 0) is 18.1 Å². The number of nitrogens with one attached hydrogen (secondary N) is 1. The predicted molar refractivity (Wildman–Crippen MR) is 93.2 cm³/mol. The molecule has 11 heteroatoms. The maximum Gasteiger partial charge on any atom is 0.416 e. The summed E-state index contributed by atoms with van der Waals surface area (Å²) in [7, 11) is 0. The van der Waals surface area contributed by atoms with E-state index in [1.165, 1.54) is 0 Å². The minimum Gasteiger partial charge on any atom is -0.447 e. The zero-order valence-electron chi connectivity index (χ0n) is 15.4. The number of carbonyl (C=O) groups is 1. The molecule has 0 saturated carbocycles. The summed E-state index contributed by atoms with van der Waals surface area (Å²) >= 11 is 0. The van der Waals surface area contributed by atoms with Crippen molar-refractivity contribution in [3.8, 4) is 0 Å². The number of aromatic nitrogens is 2. The van der Waals surface area contributed by atoms with Crippen LogP contribution in [0, 0.1) is 17.6 Å². The van der Waals surface area contributed by atoms with Gasteiger partial charge in [0.1, 0.15) is 12.4 Å². The van der Waals surface area contributed by atoms with E-state index in [-0.39, 0.29) is 36.4 Å². The van der Waals surface area contributed by atoms with Crippen molar-refractivity contribution in [3.05, 3.63) is 47.2 Å². The van der Waals surface area contributed by atoms with Crippen molar-refractivity contribution < 1.29 is 31.5 Å². The Bertz CT molecular complexity index is 920. The van der Waals surface area contributed by atoms with Crippen molar-refractivity contribution in [2.24, 2.45) is 5.92 Å². The highest BCUT2D eigenvalue weighted by Gasteiger charge is 2.38. The van der Waals surface area contributed by atoms with E-state index in [4.69, 9.17) is 4.74 Å². The zero-order chi connectivity index (χ0) is 21.3. The molecule has 156 valence electrons. The highest BCUT2D eigenvalue weighted by Crippen LogP contribution is 2.31. The van der Waals surface area contributed by atoms with Crippen molar-refractivity contribution in [1.29, 1.82) is 0 Å². The van der Waals surface area contributed by atoms with Crippen LogP contribution in [0.5, 0.6) is 0 Å². The maximum atomic E-state index is 14.2. The molecule has 0 spiro atoms. The van der Waals surface area contributed by atoms with Gasteiger partial charge in [-0.3, -0.25) is 4.90 Å². The van der Waals surface area contributed by atoms with E-state index in [0.29, 0.717) is 6.07 Å². The molecule has 1 unspecified atom stereocenters. The van der Waals surface area contributed by atoms with Gasteiger partial charge >= 0.3 is 12.3 Å². The van der Waals surface area contributed by atoms with E-state index < -0.39 is 35.5 Å². The largest absolute Gasteiger partial charge is 0.447 e. The van der Waals surface area contributed by atoms with Crippen LogP contribution in [0.2, 0.25) is 0 Å². The van der Waals surface area contributed by atoms with Gasteiger partial charge in [-0.2, -0.15) is 18.2 Å². The lowest BCUT2D eigenvalue weighted by Crippen LogP contribution is -2.38. The van der Waals surface area contributed by atoms with Crippen LogP contribution < -0.4 is 10.2 Å². The third kappa shape index (κ3) is 4.38. The minimum atomic E-state index is -4.65. The molecule has 1 aromatic carbocycles. The standard InChI is InChI=1S/C18H17F5N4O2/c1-9(2)14-8-29-17(28)27(14)15-13(20)7-25-16(26-15)24-6-10-3-4-11(5-12(10)19)18(21,22)23/h3-5,7,9,14H,6,8H2,1-2H3,(H,24,25,26). The van der Waals surface area contributed by atoms with Crippen LogP contribution in [0.15, 0.2) is 24.4 Å². The lowest BCUT2D eigenvalue weighted by atomic mass is 10.0. The van der Waals surface area contributed by atoms with Crippen LogP contribution in [0.4, 0.5) is 38.5 Å². The van der Waals surface area contributed by atoms with E-state index in [2.05, 4.69) is 15.3 Å². The summed E-state index contributed by atoms with van der Waals surface area (Å²) in [6.45, 7) is 3.52. The molecule has 2 aromatic rings. The fourth-order valence-corrected chi connectivity index (χ4v) is 2.82. The first-order chi connectivity index (χ1) is 13.6. The molecule has 1 atom stereocenters. The maximum absolute atomic E-state index is 14.2. The van der Waals surface area contributed by atoms with E-state index in [1.807, 2.05) is 13.8 Å². The molecular formula is C18H17F5N4O2. The van der Waals surface area contributed by atoms with Gasteiger partial charge in [-0.25, -0.2) is 18.6 Å². The molecule has 1 aliphatic rings. The summed E-state index contributed by atoms with van der Waals surface area (Å²) in [5.74, 6) is -2.36. The minimum absolute atomic E-state index is 0.0338. The Kier molecular flexibility index (Phi) is 5.58. The Morgan fingerprint density at radius 3 is 2.62 bits per heavy atom. The molecule has 29 heavy (non-hydrogen) atoms. The number of hydrogen-bond acceptors (Lipinski definition) is 5. The molecule has 3 rings (SSSR count). The third-order valence-corrected chi connectivity index (χ3v) is 4.45. The van der Waals surface area contributed by atoms with Crippen molar-refractivity contribution in [2.75, 3.05) is 16.8 Å². The molecule has 0 bridgehead atoms. The molecule has 0 radical (unpaired) electrons. The Balaban J connectivity index is 1.80. The summed E-state index contributed by atoms with van der Waals surface area (Å²) in [6.07, 6.45) is -4.56. The molecule has 6 nitrogen and oxygen atoms in total. The van der Waals surface area contributed by atoms with Crippen LogP contribution in [-0.4, -0.2) is 28.7 Å². The van der Waals surface area contributed by atoms with Crippen molar-refractivity contribution in [1.82, 2.24) is 9.97 Å². The summed E-state index contributed by atoms with van der Waals surface area (Å²) in [6, 6.07) is 1.71. The number of benzene rings is 1. The second kappa shape index (κ2) is 7.80. The lowest BCUT2D eigenvalue weighted by Gasteiger charge is -2.23. The normalized spacial score (nSPS) is 17.0. The molecule has 2 heterocycles. The average molecular weight is 416 g/mol. The van der Waals surface area contributed by atoms with Crippen LogP contribution in [0.25, 0.3) is 0 Å². The summed E-state index contributed by atoms with van der Waals surface area (Å²) in [4.78, 5) is 20.8. The number of alkyl halides is 3. The molecule has 1 aliphatic heterocycles. The van der Waals surface area contributed by atoms with Crippen LogP contribution in [-0.2, 0) is 17.5 Å². The van der Waals surface area contributed by atoms with Gasteiger partial charge in [0.05, 0.1) is 17.8 Å². The van der Waals surface area contributed by atoms with Crippen molar-refractivity contribution >= 4 is 17.9 Å². The Hall–Kier alpha value is -2.98. The van der Waals surface area contributed by atoms with Gasteiger partial charge in [0.2, 0.25) is 5.95 Å². The van der Waals surface area contributed by atoms with Gasteiger partial charge in [0.15, 0.2) is 11.6 Å². The van der Waals surface area contributed by atoms with Gasteiger partial charge in [-0.15, -0.1) is 0 Å². The summed E-state index contributed by atoms with van der Waals surface area (Å²) in [5.41, 5.74) is -1.17. The van der Waals surface area contributed by atoms with Crippen LogP contribution in [0.3, 0.4) is 0 Å². The van der Waals surface area contributed by atoms with E-state index in [0.717, 1.165) is 23.2 Å². The number of amides is 1. The number of ether oxygens (including phenoxy) is 1. The zero-order valence-corrected chi connectivity index (χ0v) is 15.4. The number of hydrogen-bond donors (Lipinski definition) is 1. The van der Waals surface area contributed by atoms with Crippen LogP contribution >= 0.6 is 0 Å². The number of nitrogens with zero attached hydrogens (tertiary/aromatic N) is 3. The van der Waals surface area contributed by atoms with Gasteiger partial charge in [0.25, 0.3) is 0 Å². The van der Waals surface area contributed by atoms with Crippen molar-refractivity contribution in [3.63, 3.8) is 0 Å². The monoisotopic (exact) mass is 416 g/mol. The van der Waals surface area contributed by atoms with Gasteiger partial charge in [0, 0.05) is 12.1 Å². The van der Waals surface area contributed by atoms with Crippen LogP contribution in [0.1, 0.15) is 25.0 Å². The third-order valence-electron chi connectivity index (χ3n) is 4.45. The number of cyclic esters (lactones) is 1. The molecule has 1 N–H and O–H groups in total. The number of carbonyl (C=O) groups excluding carboxylic acids is 1. The summed E-state index contributed by atoms with van der Waals surface area (Å²) in [5, 5.41) is 2.62. The molecule has 1 amide bonds. The van der Waals surface area contributed by atoms with Gasteiger partial charge < -0.3 is 10.1 Å². The van der Waals surface area contributed by atoms with Gasteiger partial charge in [-0.1, -0.05) is 19.9 Å². The molecular weight excluding hydrogens is 399 g/mol.